The Kier molecular flexibility index (Phi) is 5.25. The number of fused-ring (bicyclic) bond motifs is 1. The fourth-order valence-corrected chi connectivity index (χ4v) is 4.05. The first-order valence-electron chi connectivity index (χ1n) is 7.49. The number of benzene rings is 2. The Labute approximate surface area is 143 Å². The van der Waals surface area contributed by atoms with Crippen LogP contribution in [0, 0.1) is 0 Å². The Morgan fingerprint density at radius 2 is 2.00 bits per heavy atom. The molecule has 1 N–H and O–H groups in total. The van der Waals surface area contributed by atoms with Crippen molar-refractivity contribution in [2.75, 3.05) is 11.1 Å². The van der Waals surface area contributed by atoms with E-state index >= 15 is 0 Å². The molecule has 0 saturated carbocycles. The topological polar surface area (TPSA) is 54.9 Å². The maximum absolute atomic E-state index is 12.1. The Hall–Kier alpha value is -1.92. The molecule has 1 aromatic heterocycles. The van der Waals surface area contributed by atoms with Crippen LogP contribution in [-0.4, -0.2) is 21.9 Å². The molecule has 0 saturated heterocycles. The van der Waals surface area contributed by atoms with Gasteiger partial charge in [-0.15, -0.1) is 10.2 Å². The first-order valence-corrected chi connectivity index (χ1v) is 9.29. The molecule has 0 unspecified atom stereocenters. The van der Waals surface area contributed by atoms with E-state index < -0.39 is 0 Å². The summed E-state index contributed by atoms with van der Waals surface area (Å²) in [5.74, 6) is 0.922. The SMILES string of the molecule is CCSc1nnc(NC(=O)CCc2cccc3ccccc23)s1. The molecular formula is C17H17N3OS2. The van der Waals surface area contributed by atoms with Gasteiger partial charge in [-0.25, -0.2) is 0 Å². The Morgan fingerprint density at radius 1 is 1.17 bits per heavy atom. The van der Waals surface area contributed by atoms with Gasteiger partial charge in [-0.2, -0.15) is 0 Å². The van der Waals surface area contributed by atoms with Gasteiger partial charge in [-0.3, -0.25) is 4.79 Å². The predicted octanol–water partition coefficient (Wildman–Crippen LogP) is 4.37. The summed E-state index contributed by atoms with van der Waals surface area (Å²) in [4.78, 5) is 12.1. The van der Waals surface area contributed by atoms with Crippen LogP contribution in [0.15, 0.2) is 46.8 Å². The fraction of sp³-hybridized carbons (Fsp3) is 0.235. The zero-order chi connectivity index (χ0) is 16.1. The van der Waals surface area contributed by atoms with Crippen molar-refractivity contribution in [3.63, 3.8) is 0 Å². The molecule has 1 heterocycles. The summed E-state index contributed by atoms with van der Waals surface area (Å²) < 4.78 is 0.886. The van der Waals surface area contributed by atoms with Crippen molar-refractivity contribution in [1.29, 1.82) is 0 Å². The van der Waals surface area contributed by atoms with Crippen molar-refractivity contribution in [1.82, 2.24) is 10.2 Å². The summed E-state index contributed by atoms with van der Waals surface area (Å²) in [7, 11) is 0. The highest BCUT2D eigenvalue weighted by Gasteiger charge is 2.09. The van der Waals surface area contributed by atoms with E-state index in [1.807, 2.05) is 18.2 Å². The third-order valence-corrected chi connectivity index (χ3v) is 5.28. The minimum Gasteiger partial charge on any atom is -0.300 e. The predicted molar refractivity (Wildman–Crippen MR) is 97.2 cm³/mol. The van der Waals surface area contributed by atoms with Crippen molar-refractivity contribution >= 4 is 44.9 Å². The minimum absolute atomic E-state index is 0.0258. The lowest BCUT2D eigenvalue weighted by Gasteiger charge is -2.06. The standard InChI is InChI=1S/C17H17N3OS2/c1-2-22-17-20-19-16(23-17)18-15(21)11-10-13-8-5-7-12-6-3-4-9-14(12)13/h3-9H,2,10-11H2,1H3,(H,18,19,21). The number of nitrogens with zero attached hydrogens (tertiary/aromatic N) is 2. The van der Waals surface area contributed by atoms with Gasteiger partial charge in [0, 0.05) is 6.42 Å². The number of thioether (sulfide) groups is 1. The van der Waals surface area contributed by atoms with Crippen LogP contribution < -0.4 is 5.32 Å². The number of anilines is 1. The lowest BCUT2D eigenvalue weighted by atomic mass is 10.0. The molecule has 118 valence electrons. The number of rotatable bonds is 6. The van der Waals surface area contributed by atoms with E-state index in [2.05, 4.69) is 46.7 Å². The smallest absolute Gasteiger partial charge is 0.226 e. The van der Waals surface area contributed by atoms with Crippen LogP contribution in [0.2, 0.25) is 0 Å². The summed E-state index contributed by atoms with van der Waals surface area (Å²) in [6.45, 7) is 2.06. The van der Waals surface area contributed by atoms with Gasteiger partial charge in [0.05, 0.1) is 0 Å². The molecule has 3 rings (SSSR count). The van der Waals surface area contributed by atoms with Crippen molar-refractivity contribution < 1.29 is 4.79 Å². The number of amides is 1. The number of hydrogen-bond acceptors (Lipinski definition) is 5. The molecule has 6 heteroatoms. The van der Waals surface area contributed by atoms with Crippen LogP contribution in [0.25, 0.3) is 10.8 Å². The van der Waals surface area contributed by atoms with Crippen molar-refractivity contribution in [2.45, 2.75) is 24.1 Å². The summed E-state index contributed by atoms with van der Waals surface area (Å²) in [5.41, 5.74) is 1.19. The third-order valence-electron chi connectivity index (χ3n) is 3.42. The van der Waals surface area contributed by atoms with Crippen molar-refractivity contribution in [3.05, 3.63) is 48.0 Å². The number of nitrogens with one attached hydrogen (secondary N) is 1. The van der Waals surface area contributed by atoms with Gasteiger partial charge >= 0.3 is 0 Å². The maximum atomic E-state index is 12.1. The van der Waals surface area contributed by atoms with Gasteiger partial charge in [-0.1, -0.05) is 72.5 Å². The maximum Gasteiger partial charge on any atom is 0.226 e. The fourth-order valence-electron chi connectivity index (χ4n) is 2.38. The van der Waals surface area contributed by atoms with Gasteiger partial charge in [-0.05, 0) is 28.5 Å². The molecule has 0 aliphatic heterocycles. The minimum atomic E-state index is -0.0258. The summed E-state index contributed by atoms with van der Waals surface area (Å²) in [5, 5.41) is 13.8. The number of aromatic nitrogens is 2. The molecule has 0 fully saturated rings. The normalized spacial score (nSPS) is 10.8. The first-order chi connectivity index (χ1) is 11.3. The lowest BCUT2D eigenvalue weighted by Crippen LogP contribution is -2.12. The molecular weight excluding hydrogens is 326 g/mol. The van der Waals surface area contributed by atoms with Gasteiger partial charge in [0.1, 0.15) is 0 Å². The molecule has 0 radical (unpaired) electrons. The van der Waals surface area contributed by atoms with E-state index in [-0.39, 0.29) is 5.91 Å². The molecule has 3 aromatic rings. The molecule has 0 aliphatic carbocycles. The zero-order valence-electron chi connectivity index (χ0n) is 12.8. The van der Waals surface area contributed by atoms with Crippen molar-refractivity contribution in [2.24, 2.45) is 0 Å². The zero-order valence-corrected chi connectivity index (χ0v) is 14.4. The number of aryl methyl sites for hydroxylation is 1. The molecule has 0 bridgehead atoms. The van der Waals surface area contributed by atoms with E-state index in [1.165, 1.54) is 27.7 Å². The first kappa shape index (κ1) is 16.0. The number of hydrogen-bond donors (Lipinski definition) is 1. The monoisotopic (exact) mass is 343 g/mol. The quantitative estimate of drug-likeness (QED) is 0.533. The largest absolute Gasteiger partial charge is 0.300 e. The molecule has 0 spiro atoms. The molecule has 2 aromatic carbocycles. The molecule has 0 atom stereocenters. The Bertz CT molecular complexity index is 811. The van der Waals surface area contributed by atoms with Crippen LogP contribution in [0.3, 0.4) is 0 Å². The molecule has 23 heavy (non-hydrogen) atoms. The van der Waals surface area contributed by atoms with E-state index in [0.717, 1.165) is 10.1 Å². The van der Waals surface area contributed by atoms with Gasteiger partial charge in [0.25, 0.3) is 0 Å². The Morgan fingerprint density at radius 3 is 2.87 bits per heavy atom. The Balaban J connectivity index is 1.61. The van der Waals surface area contributed by atoms with Crippen LogP contribution in [0.5, 0.6) is 0 Å². The van der Waals surface area contributed by atoms with Crippen LogP contribution in [-0.2, 0) is 11.2 Å². The van der Waals surface area contributed by atoms with Gasteiger partial charge in [0.2, 0.25) is 11.0 Å². The van der Waals surface area contributed by atoms with Crippen LogP contribution in [0.4, 0.5) is 5.13 Å². The van der Waals surface area contributed by atoms with Crippen LogP contribution >= 0.6 is 23.1 Å². The summed E-state index contributed by atoms with van der Waals surface area (Å²) in [6, 6.07) is 14.5. The average molecular weight is 343 g/mol. The summed E-state index contributed by atoms with van der Waals surface area (Å²) in [6.07, 6.45) is 1.15. The second-order valence-electron chi connectivity index (χ2n) is 4.99. The highest BCUT2D eigenvalue weighted by Crippen LogP contribution is 2.25. The van der Waals surface area contributed by atoms with E-state index in [0.29, 0.717) is 18.0 Å². The lowest BCUT2D eigenvalue weighted by molar-refractivity contribution is -0.116. The molecule has 4 nitrogen and oxygen atoms in total. The molecule has 0 aliphatic rings. The second-order valence-corrected chi connectivity index (χ2v) is 7.48. The van der Waals surface area contributed by atoms with Gasteiger partial charge in [0.15, 0.2) is 4.34 Å². The van der Waals surface area contributed by atoms with Crippen molar-refractivity contribution in [3.8, 4) is 0 Å². The van der Waals surface area contributed by atoms with E-state index in [9.17, 15) is 4.79 Å². The summed E-state index contributed by atoms with van der Waals surface area (Å²) >= 11 is 3.05. The third kappa shape index (κ3) is 4.09. The average Bonchev–Trinajstić information content (AvgIpc) is 3.00. The van der Waals surface area contributed by atoms with Crippen LogP contribution in [0.1, 0.15) is 18.9 Å². The second kappa shape index (κ2) is 7.57. The van der Waals surface area contributed by atoms with E-state index in [1.54, 1.807) is 11.8 Å². The van der Waals surface area contributed by atoms with Gasteiger partial charge < -0.3 is 5.32 Å². The molecule has 1 amide bonds. The highest BCUT2D eigenvalue weighted by atomic mass is 32.2. The highest BCUT2D eigenvalue weighted by molar-refractivity contribution is 8.01. The van der Waals surface area contributed by atoms with E-state index in [4.69, 9.17) is 0 Å². The number of carbonyl (C=O) groups excluding carboxylic acids is 1. The number of carbonyl (C=O) groups is 1.